The first-order valence-corrected chi connectivity index (χ1v) is 9.62. The van der Waals surface area contributed by atoms with Gasteiger partial charge >= 0.3 is 0 Å². The van der Waals surface area contributed by atoms with E-state index < -0.39 is 5.91 Å². The molecule has 0 radical (unpaired) electrons. The number of nitrogens with two attached hydrogens (primary N) is 1. The molecular weight excluding hydrogens is 356 g/mol. The second kappa shape index (κ2) is 8.78. The number of carbonyl (C=O) groups excluding carboxylic acids is 2. The standard InChI is InChI=1S/C22H26N2O4/c1-3-27-19-12-9-17(13-20(19)28-4-2)22(26)24(18-10-11-18)14-15-5-7-16(8-6-15)21(23)25/h5-9,12-13,18H,3-4,10-11,14H2,1-2H3,(H2,23,25). The third kappa shape index (κ3) is 4.63. The third-order valence-electron chi connectivity index (χ3n) is 4.63. The normalized spacial score (nSPS) is 13.1. The summed E-state index contributed by atoms with van der Waals surface area (Å²) in [5.41, 5.74) is 7.29. The minimum atomic E-state index is -0.459. The smallest absolute Gasteiger partial charge is 0.254 e. The Balaban J connectivity index is 1.81. The molecule has 1 aliphatic rings. The molecule has 0 saturated heterocycles. The van der Waals surface area contributed by atoms with E-state index in [0.29, 0.717) is 42.4 Å². The van der Waals surface area contributed by atoms with Crippen molar-refractivity contribution < 1.29 is 19.1 Å². The van der Waals surface area contributed by atoms with Crippen LogP contribution in [0, 0.1) is 0 Å². The highest BCUT2D eigenvalue weighted by atomic mass is 16.5. The van der Waals surface area contributed by atoms with Crippen molar-refractivity contribution >= 4 is 11.8 Å². The van der Waals surface area contributed by atoms with Gasteiger partial charge in [0.15, 0.2) is 11.5 Å². The molecule has 148 valence electrons. The van der Waals surface area contributed by atoms with E-state index in [1.54, 1.807) is 30.3 Å². The molecule has 2 aromatic carbocycles. The molecule has 1 aliphatic carbocycles. The Kier molecular flexibility index (Phi) is 6.19. The maximum absolute atomic E-state index is 13.2. The van der Waals surface area contributed by atoms with Gasteiger partial charge in [0.05, 0.1) is 13.2 Å². The number of amides is 2. The van der Waals surface area contributed by atoms with Crippen molar-refractivity contribution in [1.82, 2.24) is 4.90 Å². The SMILES string of the molecule is CCOc1ccc(C(=O)N(Cc2ccc(C(N)=O)cc2)C2CC2)cc1OCC. The molecular formula is C22H26N2O4. The molecule has 3 rings (SSSR count). The fraction of sp³-hybridized carbons (Fsp3) is 0.364. The van der Waals surface area contributed by atoms with Gasteiger partial charge in [-0.25, -0.2) is 0 Å². The van der Waals surface area contributed by atoms with Crippen molar-refractivity contribution in [3.8, 4) is 11.5 Å². The molecule has 0 unspecified atom stereocenters. The second-order valence-electron chi connectivity index (χ2n) is 6.75. The lowest BCUT2D eigenvalue weighted by Gasteiger charge is -2.23. The van der Waals surface area contributed by atoms with Gasteiger partial charge in [-0.15, -0.1) is 0 Å². The predicted molar refractivity (Wildman–Crippen MR) is 107 cm³/mol. The van der Waals surface area contributed by atoms with E-state index in [1.165, 1.54) is 0 Å². The highest BCUT2D eigenvalue weighted by Crippen LogP contribution is 2.33. The molecule has 28 heavy (non-hydrogen) atoms. The molecule has 0 spiro atoms. The van der Waals surface area contributed by atoms with Crippen LogP contribution in [0.15, 0.2) is 42.5 Å². The molecule has 2 N–H and O–H groups in total. The summed E-state index contributed by atoms with van der Waals surface area (Å²) >= 11 is 0. The first kappa shape index (κ1) is 19.7. The first-order valence-electron chi connectivity index (χ1n) is 9.62. The van der Waals surface area contributed by atoms with Gasteiger partial charge in [-0.05, 0) is 62.6 Å². The minimum absolute atomic E-state index is 0.0366. The average Bonchev–Trinajstić information content (AvgIpc) is 3.53. The van der Waals surface area contributed by atoms with E-state index in [-0.39, 0.29) is 11.9 Å². The number of hydrogen-bond acceptors (Lipinski definition) is 4. The topological polar surface area (TPSA) is 81.9 Å². The Hall–Kier alpha value is -3.02. The van der Waals surface area contributed by atoms with E-state index in [0.717, 1.165) is 18.4 Å². The molecule has 0 heterocycles. The van der Waals surface area contributed by atoms with Crippen LogP contribution in [0.25, 0.3) is 0 Å². The minimum Gasteiger partial charge on any atom is -0.490 e. The molecule has 0 bridgehead atoms. The average molecular weight is 382 g/mol. The summed E-state index contributed by atoms with van der Waals surface area (Å²) in [4.78, 5) is 26.3. The monoisotopic (exact) mass is 382 g/mol. The highest BCUT2D eigenvalue weighted by molar-refractivity contribution is 5.95. The van der Waals surface area contributed by atoms with Crippen molar-refractivity contribution in [2.45, 2.75) is 39.3 Å². The molecule has 0 aromatic heterocycles. The van der Waals surface area contributed by atoms with Crippen molar-refractivity contribution in [3.05, 3.63) is 59.2 Å². The summed E-state index contributed by atoms with van der Waals surface area (Å²) < 4.78 is 11.2. The van der Waals surface area contributed by atoms with Crippen molar-refractivity contribution in [3.63, 3.8) is 0 Å². The van der Waals surface area contributed by atoms with Gasteiger partial charge in [-0.3, -0.25) is 9.59 Å². The first-order chi connectivity index (χ1) is 13.5. The van der Waals surface area contributed by atoms with Crippen LogP contribution in [0.1, 0.15) is 53.0 Å². The summed E-state index contributed by atoms with van der Waals surface area (Å²) in [7, 11) is 0. The zero-order chi connectivity index (χ0) is 20.1. The maximum atomic E-state index is 13.2. The van der Waals surface area contributed by atoms with Crippen LogP contribution in [0.5, 0.6) is 11.5 Å². The Morgan fingerprint density at radius 1 is 0.964 bits per heavy atom. The molecule has 6 nitrogen and oxygen atoms in total. The van der Waals surface area contributed by atoms with E-state index in [1.807, 2.05) is 30.9 Å². The summed E-state index contributed by atoms with van der Waals surface area (Å²) in [6.07, 6.45) is 2.00. The molecule has 2 amide bonds. The quantitative estimate of drug-likeness (QED) is 0.721. The molecule has 1 fully saturated rings. The van der Waals surface area contributed by atoms with Crippen molar-refractivity contribution in [2.75, 3.05) is 13.2 Å². The lowest BCUT2D eigenvalue weighted by atomic mass is 10.1. The number of primary amides is 1. The van der Waals surface area contributed by atoms with Crippen LogP contribution in [0.4, 0.5) is 0 Å². The summed E-state index contributed by atoms with van der Waals surface area (Å²) in [6, 6.07) is 12.6. The largest absolute Gasteiger partial charge is 0.490 e. The summed E-state index contributed by atoms with van der Waals surface area (Å²) in [6.45, 7) is 5.32. The Bertz CT molecular complexity index is 844. The van der Waals surface area contributed by atoms with Gasteiger partial charge in [-0.2, -0.15) is 0 Å². The number of ether oxygens (including phenoxy) is 2. The Morgan fingerprint density at radius 3 is 2.14 bits per heavy atom. The fourth-order valence-corrected chi connectivity index (χ4v) is 3.07. The lowest BCUT2D eigenvalue weighted by molar-refractivity contribution is 0.0729. The van der Waals surface area contributed by atoms with Gasteiger partial charge < -0.3 is 20.1 Å². The van der Waals surface area contributed by atoms with E-state index >= 15 is 0 Å². The van der Waals surface area contributed by atoms with Gasteiger partial charge in [-0.1, -0.05) is 12.1 Å². The Labute approximate surface area is 165 Å². The van der Waals surface area contributed by atoms with Crippen LogP contribution in [-0.4, -0.2) is 36.0 Å². The highest BCUT2D eigenvalue weighted by Gasteiger charge is 2.33. The van der Waals surface area contributed by atoms with Gasteiger partial charge in [0.1, 0.15) is 0 Å². The van der Waals surface area contributed by atoms with Gasteiger partial charge in [0, 0.05) is 23.7 Å². The third-order valence-corrected chi connectivity index (χ3v) is 4.63. The second-order valence-corrected chi connectivity index (χ2v) is 6.75. The van der Waals surface area contributed by atoms with Crippen LogP contribution in [0.3, 0.4) is 0 Å². The molecule has 2 aromatic rings. The van der Waals surface area contributed by atoms with E-state index in [2.05, 4.69) is 0 Å². The molecule has 0 atom stereocenters. The molecule has 0 aliphatic heterocycles. The predicted octanol–water partition coefficient (Wildman–Crippen LogP) is 3.39. The number of nitrogens with zero attached hydrogens (tertiary/aromatic N) is 1. The fourth-order valence-electron chi connectivity index (χ4n) is 3.07. The zero-order valence-corrected chi connectivity index (χ0v) is 16.3. The molecule has 6 heteroatoms. The summed E-state index contributed by atoms with van der Waals surface area (Å²) in [5.74, 6) is 0.725. The van der Waals surface area contributed by atoms with Crippen LogP contribution in [-0.2, 0) is 6.54 Å². The number of carbonyl (C=O) groups is 2. The van der Waals surface area contributed by atoms with Gasteiger partial charge in [0.2, 0.25) is 5.91 Å². The van der Waals surface area contributed by atoms with Crippen LogP contribution in [0.2, 0.25) is 0 Å². The van der Waals surface area contributed by atoms with Gasteiger partial charge in [0.25, 0.3) is 5.91 Å². The van der Waals surface area contributed by atoms with Crippen LogP contribution < -0.4 is 15.2 Å². The Morgan fingerprint density at radius 2 is 1.57 bits per heavy atom. The van der Waals surface area contributed by atoms with E-state index in [4.69, 9.17) is 15.2 Å². The molecule has 1 saturated carbocycles. The van der Waals surface area contributed by atoms with Crippen molar-refractivity contribution in [1.29, 1.82) is 0 Å². The summed E-state index contributed by atoms with van der Waals surface area (Å²) in [5, 5.41) is 0. The maximum Gasteiger partial charge on any atom is 0.254 e. The number of rotatable bonds is 9. The van der Waals surface area contributed by atoms with Crippen LogP contribution >= 0.6 is 0 Å². The lowest BCUT2D eigenvalue weighted by Crippen LogP contribution is -2.32. The number of benzene rings is 2. The van der Waals surface area contributed by atoms with E-state index in [9.17, 15) is 9.59 Å². The number of hydrogen-bond donors (Lipinski definition) is 1. The van der Waals surface area contributed by atoms with Crippen molar-refractivity contribution in [2.24, 2.45) is 5.73 Å². The zero-order valence-electron chi connectivity index (χ0n) is 16.3.